The summed E-state index contributed by atoms with van der Waals surface area (Å²) in [6.45, 7) is 18.0. The van der Waals surface area contributed by atoms with Gasteiger partial charge >= 0.3 is 8.80 Å². The third-order valence-corrected chi connectivity index (χ3v) is 25.1. The molecule has 0 aromatic heterocycles. The summed E-state index contributed by atoms with van der Waals surface area (Å²) in [6, 6.07) is 6.12. The molecule has 0 amide bonds. The van der Waals surface area contributed by atoms with Crippen molar-refractivity contribution in [2.45, 2.75) is 211 Å². The Morgan fingerprint density at radius 2 is 0.760 bits per heavy atom. The lowest BCUT2D eigenvalue weighted by Crippen LogP contribution is -2.44. The van der Waals surface area contributed by atoms with Crippen LogP contribution in [0.1, 0.15) is 142 Å². The number of hydrogen-bond donors (Lipinski definition) is 0. The lowest BCUT2D eigenvalue weighted by atomic mass is 10.1. The van der Waals surface area contributed by atoms with Gasteiger partial charge in [0.25, 0.3) is 0 Å². The van der Waals surface area contributed by atoms with Crippen molar-refractivity contribution >= 4 is 43.5 Å². The Balaban J connectivity index is 3.71. The first-order chi connectivity index (χ1) is 23.9. The van der Waals surface area contributed by atoms with Gasteiger partial charge in [-0.05, 0) is 83.2 Å². The summed E-state index contributed by atoms with van der Waals surface area (Å²) in [4.78, 5) is 10.0. The molecule has 300 valence electrons. The fourth-order valence-corrected chi connectivity index (χ4v) is 21.5. The van der Waals surface area contributed by atoms with E-state index in [1.54, 1.807) is 21.3 Å². The van der Waals surface area contributed by atoms with Crippen LogP contribution in [0.3, 0.4) is 0 Å². The Morgan fingerprint density at radius 3 is 1.18 bits per heavy atom. The van der Waals surface area contributed by atoms with Gasteiger partial charge in [0, 0.05) is 27.4 Å². The standard InChI is InChI=1S/C38H86O7Si5/c1-11-42-43-33-27-21-15-13-12-14-17-24-30-36-48(7,8)45-49(9,10)37-31-25-18-16-22-28-34-46-44-47(5,6)35-29-23-19-20-26-32-38-50(39-2,40-3)41-4/h11-38H2,1-10H3. The molecule has 50 heavy (non-hydrogen) atoms. The van der Waals surface area contributed by atoms with E-state index >= 15 is 0 Å². The smallest absolute Gasteiger partial charge is 0.456 e. The third-order valence-electron chi connectivity index (χ3n) is 9.86. The van der Waals surface area contributed by atoms with Gasteiger partial charge in [-0.15, -0.1) is 0 Å². The first-order valence-electron chi connectivity index (χ1n) is 20.9. The van der Waals surface area contributed by atoms with E-state index in [4.69, 9.17) is 31.3 Å². The van der Waals surface area contributed by atoms with E-state index < -0.39 is 33.8 Å². The van der Waals surface area contributed by atoms with E-state index in [9.17, 15) is 0 Å². The summed E-state index contributed by atoms with van der Waals surface area (Å²) >= 11 is 0. The van der Waals surface area contributed by atoms with Crippen molar-refractivity contribution in [1.29, 1.82) is 0 Å². The van der Waals surface area contributed by atoms with Crippen molar-refractivity contribution in [2.75, 3.05) is 34.5 Å². The molecule has 0 aromatic rings. The van der Waals surface area contributed by atoms with Crippen molar-refractivity contribution in [3.63, 3.8) is 0 Å². The highest BCUT2D eigenvalue weighted by Crippen LogP contribution is 2.26. The summed E-state index contributed by atoms with van der Waals surface area (Å²) in [5.74, 6) is 0. The van der Waals surface area contributed by atoms with Crippen molar-refractivity contribution in [1.82, 2.24) is 0 Å². The number of hydrogen-bond acceptors (Lipinski definition) is 7. The highest BCUT2D eigenvalue weighted by Gasteiger charge is 2.36. The molecule has 0 fully saturated rings. The Morgan fingerprint density at radius 1 is 0.400 bits per heavy atom. The molecule has 0 bridgehead atoms. The molecule has 0 aliphatic heterocycles. The molecule has 2 radical (unpaired) electrons. The SMILES string of the molecule is CCOOCCCCCCCCCCC[Si](C)(C)O[Si](C)(C)CCCCCCCC[Si]O[Si](C)(C)CCCCCCCC[Si](OC)(OC)OC. The first-order valence-corrected chi connectivity index (χ1v) is 33.3. The zero-order valence-corrected chi connectivity index (χ0v) is 40.2. The van der Waals surface area contributed by atoms with Crippen molar-refractivity contribution in [3.05, 3.63) is 0 Å². The average molecular weight is 796 g/mol. The van der Waals surface area contributed by atoms with Crippen LogP contribution in [0.2, 0.25) is 69.5 Å². The molecule has 7 nitrogen and oxygen atoms in total. The summed E-state index contributed by atoms with van der Waals surface area (Å²) in [5.41, 5.74) is 0. The molecule has 0 aliphatic rings. The fourth-order valence-electron chi connectivity index (χ4n) is 6.85. The van der Waals surface area contributed by atoms with Gasteiger partial charge in [0.05, 0.1) is 13.2 Å². The van der Waals surface area contributed by atoms with Gasteiger partial charge < -0.3 is 21.5 Å². The number of rotatable bonds is 39. The second-order valence-electron chi connectivity index (χ2n) is 16.3. The average Bonchev–Trinajstić information content (AvgIpc) is 3.06. The van der Waals surface area contributed by atoms with Crippen molar-refractivity contribution in [3.8, 4) is 0 Å². The topological polar surface area (TPSA) is 64.6 Å². The van der Waals surface area contributed by atoms with Crippen LogP contribution >= 0.6 is 0 Å². The van der Waals surface area contributed by atoms with Gasteiger partial charge in [-0.3, -0.25) is 0 Å². The van der Waals surface area contributed by atoms with Crippen LogP contribution in [0.15, 0.2) is 0 Å². The molecular weight excluding hydrogens is 709 g/mol. The minimum Gasteiger partial charge on any atom is -0.456 e. The second-order valence-corrected chi connectivity index (χ2v) is 33.9. The monoisotopic (exact) mass is 795 g/mol. The first kappa shape index (κ1) is 50.8. The van der Waals surface area contributed by atoms with Gasteiger partial charge in [-0.2, -0.15) is 0 Å². The summed E-state index contributed by atoms with van der Waals surface area (Å²) in [6.07, 6.45) is 27.7. The van der Waals surface area contributed by atoms with Gasteiger partial charge in [-0.1, -0.05) is 122 Å². The van der Waals surface area contributed by atoms with Crippen LogP contribution in [-0.4, -0.2) is 78.1 Å². The maximum absolute atomic E-state index is 6.94. The summed E-state index contributed by atoms with van der Waals surface area (Å²) in [7, 11) is -1.19. The zero-order valence-electron chi connectivity index (χ0n) is 35.2. The second kappa shape index (κ2) is 32.1. The maximum atomic E-state index is 6.94. The van der Waals surface area contributed by atoms with Crippen LogP contribution in [-0.2, 0) is 31.3 Å². The highest BCUT2D eigenvalue weighted by molar-refractivity contribution is 6.84. The summed E-state index contributed by atoms with van der Waals surface area (Å²) < 4.78 is 30.0. The van der Waals surface area contributed by atoms with E-state index in [2.05, 4.69) is 39.3 Å². The number of unbranched alkanes of at least 4 members (excludes halogenated alkanes) is 18. The predicted octanol–water partition coefficient (Wildman–Crippen LogP) is 12.7. The van der Waals surface area contributed by atoms with E-state index in [1.165, 1.54) is 146 Å². The van der Waals surface area contributed by atoms with Crippen LogP contribution in [0.25, 0.3) is 0 Å². The molecule has 0 saturated heterocycles. The molecule has 0 spiro atoms. The van der Waals surface area contributed by atoms with Crippen molar-refractivity contribution < 1.29 is 31.3 Å². The van der Waals surface area contributed by atoms with Gasteiger partial charge in [-0.25, -0.2) is 9.78 Å². The molecule has 0 aromatic carbocycles. The molecule has 12 heteroatoms. The molecular formula is C38H86O7Si5. The van der Waals surface area contributed by atoms with E-state index in [1.807, 2.05) is 6.92 Å². The van der Waals surface area contributed by atoms with Gasteiger partial charge in [0.15, 0.2) is 25.0 Å². The molecule has 0 heterocycles. The molecule has 0 rings (SSSR count). The summed E-state index contributed by atoms with van der Waals surface area (Å²) in [5, 5.41) is 0. The largest absolute Gasteiger partial charge is 0.500 e. The molecule has 0 saturated carbocycles. The molecule has 0 N–H and O–H groups in total. The van der Waals surface area contributed by atoms with Crippen molar-refractivity contribution in [2.24, 2.45) is 0 Å². The normalized spacial score (nSPS) is 13.1. The predicted molar refractivity (Wildman–Crippen MR) is 226 cm³/mol. The van der Waals surface area contributed by atoms with E-state index in [-0.39, 0.29) is 0 Å². The van der Waals surface area contributed by atoms with Crippen LogP contribution in [0.4, 0.5) is 0 Å². The van der Waals surface area contributed by atoms with Crippen LogP contribution in [0.5, 0.6) is 0 Å². The Bertz CT molecular complexity index is 734. The molecule has 0 unspecified atom stereocenters. The quantitative estimate of drug-likeness (QED) is 0.0266. The minimum atomic E-state index is -2.39. The Kier molecular flexibility index (Phi) is 32.6. The minimum absolute atomic E-state index is 0.637. The van der Waals surface area contributed by atoms with E-state index in [0.29, 0.717) is 16.4 Å². The zero-order chi connectivity index (χ0) is 37.5. The fraction of sp³-hybridized carbons (Fsp3) is 1.00. The highest BCUT2D eigenvalue weighted by atomic mass is 28.4. The Labute approximate surface area is 319 Å². The third kappa shape index (κ3) is 31.2. The lowest BCUT2D eigenvalue weighted by molar-refractivity contribution is -0.291. The van der Waals surface area contributed by atoms with Gasteiger partial charge in [0.1, 0.15) is 0 Å². The molecule has 0 aliphatic carbocycles. The van der Waals surface area contributed by atoms with Gasteiger partial charge in [0.2, 0.25) is 9.76 Å². The van der Waals surface area contributed by atoms with E-state index in [0.717, 1.165) is 25.5 Å². The maximum Gasteiger partial charge on any atom is 0.500 e. The lowest BCUT2D eigenvalue weighted by Gasteiger charge is -2.34. The Hall–Kier alpha value is 0.804. The van der Waals surface area contributed by atoms with Crippen LogP contribution in [0, 0.1) is 0 Å². The molecule has 0 atom stereocenters. The van der Waals surface area contributed by atoms with Crippen LogP contribution < -0.4 is 0 Å².